The molecule has 1 aromatic rings. The third-order valence-corrected chi connectivity index (χ3v) is 2.97. The Hall–Kier alpha value is -1.37. The van der Waals surface area contributed by atoms with Gasteiger partial charge in [0.15, 0.2) is 10.8 Å². The number of carbonyl (C=O) groups is 1. The fourth-order valence-corrected chi connectivity index (χ4v) is 1.78. The van der Waals surface area contributed by atoms with E-state index < -0.39 is 16.3 Å². The molecule has 0 bridgehead atoms. The van der Waals surface area contributed by atoms with Crippen molar-refractivity contribution >= 4 is 22.4 Å². The van der Waals surface area contributed by atoms with E-state index in [1.165, 1.54) is 12.1 Å². The van der Waals surface area contributed by atoms with Crippen molar-refractivity contribution in [3.63, 3.8) is 0 Å². The van der Waals surface area contributed by atoms with Gasteiger partial charge in [0.25, 0.3) is 0 Å². The molecule has 1 amide bonds. The summed E-state index contributed by atoms with van der Waals surface area (Å²) in [6.07, 6.45) is 0.215. The maximum atomic E-state index is 12.2. The van der Waals surface area contributed by atoms with Crippen LogP contribution in [0.1, 0.15) is 13.3 Å². The van der Waals surface area contributed by atoms with Crippen LogP contribution >= 0.6 is 0 Å². The molecule has 94 valence electrons. The molecule has 17 heavy (non-hydrogen) atoms. The van der Waals surface area contributed by atoms with Crippen LogP contribution in [0.25, 0.3) is 0 Å². The topological polar surface area (TPSA) is 46.2 Å². The number of hydrogen-bond donors (Lipinski definition) is 1. The SMILES string of the molecule is CCC(=O)Nc1cccc(S(=O)C(F)(F)F)c1. The molecular formula is C10H10F3NO2S. The van der Waals surface area contributed by atoms with Crippen molar-refractivity contribution in [2.24, 2.45) is 0 Å². The number of amides is 1. The fraction of sp³-hybridized carbons (Fsp3) is 0.300. The van der Waals surface area contributed by atoms with Crippen LogP contribution in [0.4, 0.5) is 18.9 Å². The predicted octanol–water partition coefficient (Wildman–Crippen LogP) is 2.66. The molecule has 3 nitrogen and oxygen atoms in total. The van der Waals surface area contributed by atoms with Gasteiger partial charge in [0.2, 0.25) is 5.91 Å². The third kappa shape index (κ3) is 3.85. The summed E-state index contributed by atoms with van der Waals surface area (Å²) in [4.78, 5) is 10.7. The first kappa shape index (κ1) is 13.7. The van der Waals surface area contributed by atoms with Gasteiger partial charge in [-0.2, -0.15) is 13.2 Å². The first-order valence-corrected chi connectivity index (χ1v) is 5.88. The summed E-state index contributed by atoms with van der Waals surface area (Å²) in [7, 11) is -3.08. The summed E-state index contributed by atoms with van der Waals surface area (Å²) in [5, 5.41) is 2.40. The Labute approximate surface area is 98.5 Å². The van der Waals surface area contributed by atoms with Gasteiger partial charge in [-0.05, 0) is 18.2 Å². The second-order valence-electron chi connectivity index (χ2n) is 3.14. The average Bonchev–Trinajstić information content (AvgIpc) is 2.27. The standard InChI is InChI=1S/C10H10F3NO2S/c1-2-9(15)14-7-4-3-5-8(6-7)17(16)10(11,12)13/h3-6H,2H2,1H3,(H,14,15). The molecule has 0 heterocycles. The second-order valence-corrected chi connectivity index (χ2v) is 4.62. The molecule has 0 saturated heterocycles. The van der Waals surface area contributed by atoms with Crippen LogP contribution in [0.15, 0.2) is 29.2 Å². The van der Waals surface area contributed by atoms with Crippen LogP contribution < -0.4 is 5.32 Å². The molecule has 1 rings (SSSR count). The van der Waals surface area contributed by atoms with Crippen molar-refractivity contribution in [1.82, 2.24) is 0 Å². The van der Waals surface area contributed by atoms with Gasteiger partial charge in [0.05, 0.1) is 0 Å². The van der Waals surface area contributed by atoms with Gasteiger partial charge in [-0.15, -0.1) is 0 Å². The number of alkyl halides is 3. The van der Waals surface area contributed by atoms with E-state index in [1.54, 1.807) is 6.92 Å². The van der Waals surface area contributed by atoms with Crippen molar-refractivity contribution < 1.29 is 22.2 Å². The summed E-state index contributed by atoms with van der Waals surface area (Å²) in [5.74, 6) is -0.319. The number of anilines is 1. The first-order chi connectivity index (χ1) is 7.84. The number of carbonyl (C=O) groups excluding carboxylic acids is 1. The molecule has 0 aliphatic rings. The largest absolute Gasteiger partial charge is 0.475 e. The maximum absolute atomic E-state index is 12.2. The van der Waals surface area contributed by atoms with Crippen molar-refractivity contribution in [1.29, 1.82) is 0 Å². The molecule has 1 aromatic carbocycles. The first-order valence-electron chi connectivity index (χ1n) is 4.73. The van der Waals surface area contributed by atoms with Crippen LogP contribution in [0.5, 0.6) is 0 Å². The molecule has 0 fully saturated rings. The second kappa shape index (κ2) is 5.31. The van der Waals surface area contributed by atoms with Crippen LogP contribution in [0.3, 0.4) is 0 Å². The normalized spacial score (nSPS) is 13.2. The van der Waals surface area contributed by atoms with E-state index in [1.807, 2.05) is 0 Å². The molecular weight excluding hydrogens is 255 g/mol. The summed E-state index contributed by atoms with van der Waals surface area (Å²) >= 11 is 0. The molecule has 7 heteroatoms. The zero-order valence-electron chi connectivity index (χ0n) is 8.88. The number of hydrogen-bond acceptors (Lipinski definition) is 2. The van der Waals surface area contributed by atoms with E-state index in [0.717, 1.165) is 12.1 Å². The number of halogens is 3. The third-order valence-electron chi connectivity index (χ3n) is 1.86. The van der Waals surface area contributed by atoms with Crippen molar-refractivity contribution in [3.05, 3.63) is 24.3 Å². The Balaban J connectivity index is 2.94. The Bertz CT molecular complexity index is 445. The van der Waals surface area contributed by atoms with E-state index >= 15 is 0 Å². The van der Waals surface area contributed by atoms with Gasteiger partial charge in [0, 0.05) is 17.0 Å². The zero-order chi connectivity index (χ0) is 13.1. The highest BCUT2D eigenvalue weighted by Crippen LogP contribution is 2.27. The van der Waals surface area contributed by atoms with E-state index in [0.29, 0.717) is 0 Å². The van der Waals surface area contributed by atoms with E-state index in [4.69, 9.17) is 0 Å². The Kier molecular flexibility index (Phi) is 4.28. The number of nitrogens with one attached hydrogen (secondary N) is 1. The van der Waals surface area contributed by atoms with Crippen LogP contribution in [-0.2, 0) is 15.6 Å². The van der Waals surface area contributed by atoms with Crippen molar-refractivity contribution in [2.75, 3.05) is 5.32 Å². The van der Waals surface area contributed by atoms with Gasteiger partial charge >= 0.3 is 5.51 Å². The van der Waals surface area contributed by atoms with Gasteiger partial charge < -0.3 is 5.32 Å². The minimum Gasteiger partial charge on any atom is -0.326 e. The monoisotopic (exact) mass is 265 g/mol. The molecule has 0 spiro atoms. The van der Waals surface area contributed by atoms with Gasteiger partial charge in [0.1, 0.15) is 0 Å². The Morgan fingerprint density at radius 3 is 2.59 bits per heavy atom. The van der Waals surface area contributed by atoms with Gasteiger partial charge in [-0.25, -0.2) is 4.21 Å². The molecule has 0 radical (unpaired) electrons. The predicted molar refractivity (Wildman–Crippen MR) is 57.8 cm³/mol. The van der Waals surface area contributed by atoms with E-state index in [2.05, 4.69) is 5.32 Å². The van der Waals surface area contributed by atoms with Crippen molar-refractivity contribution in [3.8, 4) is 0 Å². The molecule has 0 aliphatic carbocycles. The van der Waals surface area contributed by atoms with Crippen molar-refractivity contribution in [2.45, 2.75) is 23.7 Å². The lowest BCUT2D eigenvalue weighted by molar-refractivity contribution is -0.115. The lowest BCUT2D eigenvalue weighted by atomic mass is 10.3. The smallest absolute Gasteiger partial charge is 0.326 e. The van der Waals surface area contributed by atoms with Gasteiger partial charge in [-0.3, -0.25) is 4.79 Å². The molecule has 0 saturated carbocycles. The minimum absolute atomic E-state index is 0.201. The summed E-state index contributed by atoms with van der Waals surface area (Å²) < 4.78 is 47.7. The maximum Gasteiger partial charge on any atom is 0.475 e. The Morgan fingerprint density at radius 2 is 2.06 bits per heavy atom. The highest BCUT2D eigenvalue weighted by atomic mass is 32.2. The van der Waals surface area contributed by atoms with E-state index in [9.17, 15) is 22.2 Å². The highest BCUT2D eigenvalue weighted by molar-refractivity contribution is 7.86. The summed E-state index contributed by atoms with van der Waals surface area (Å²) in [6.45, 7) is 1.62. The molecule has 1 atom stereocenters. The van der Waals surface area contributed by atoms with Crippen LogP contribution in [0, 0.1) is 0 Å². The highest BCUT2D eigenvalue weighted by Gasteiger charge is 2.37. The summed E-state index contributed by atoms with van der Waals surface area (Å²) in [5.41, 5.74) is -4.60. The molecule has 0 aromatic heterocycles. The fourth-order valence-electron chi connectivity index (χ4n) is 1.07. The average molecular weight is 265 g/mol. The lowest BCUT2D eigenvalue weighted by Gasteiger charge is -2.08. The van der Waals surface area contributed by atoms with Crippen LogP contribution in [-0.4, -0.2) is 15.6 Å². The molecule has 1 unspecified atom stereocenters. The quantitative estimate of drug-likeness (QED) is 0.913. The molecule has 0 aliphatic heterocycles. The zero-order valence-corrected chi connectivity index (χ0v) is 9.69. The lowest BCUT2D eigenvalue weighted by Crippen LogP contribution is -2.16. The van der Waals surface area contributed by atoms with Gasteiger partial charge in [-0.1, -0.05) is 13.0 Å². The molecule has 1 N–H and O–H groups in total. The van der Waals surface area contributed by atoms with Crippen LogP contribution in [0.2, 0.25) is 0 Å². The number of rotatable bonds is 3. The van der Waals surface area contributed by atoms with E-state index in [-0.39, 0.29) is 22.9 Å². The number of benzene rings is 1. The summed E-state index contributed by atoms with van der Waals surface area (Å²) in [6, 6.07) is 4.90. The minimum atomic E-state index is -4.80. The Morgan fingerprint density at radius 1 is 1.41 bits per heavy atom.